The van der Waals surface area contributed by atoms with E-state index in [2.05, 4.69) is 56.9 Å². The zero-order chi connectivity index (χ0) is 31.7. The van der Waals surface area contributed by atoms with Crippen molar-refractivity contribution in [2.75, 3.05) is 44.4 Å². The molecular formula is C37H39N7O2. The highest BCUT2D eigenvalue weighted by Gasteiger charge is 2.36. The monoisotopic (exact) mass is 613 g/mol. The Bertz CT molecular complexity index is 1940. The number of fused-ring (bicyclic) bond motifs is 2. The van der Waals surface area contributed by atoms with Crippen LogP contribution in [0.5, 0.6) is 0 Å². The highest BCUT2D eigenvalue weighted by Crippen LogP contribution is 2.41. The second-order valence-corrected chi connectivity index (χ2v) is 12.6. The van der Waals surface area contributed by atoms with E-state index in [1.165, 1.54) is 5.56 Å². The van der Waals surface area contributed by atoms with Crippen molar-refractivity contribution in [3.8, 4) is 0 Å². The second-order valence-electron chi connectivity index (χ2n) is 12.6. The Morgan fingerprint density at radius 1 is 0.935 bits per heavy atom. The van der Waals surface area contributed by atoms with E-state index in [0.29, 0.717) is 6.54 Å². The minimum absolute atomic E-state index is 0.0182. The SMILES string of the molecule is CN(C)CC(=O)Nc1ccc2c(c1)NC(c1ccccc1)(c1ccc(CN3CCC(n4c(=O)[nH]c5ccccc54)CC3)cc1)C=N2. The summed E-state index contributed by atoms with van der Waals surface area (Å²) in [7, 11) is 3.75. The topological polar surface area (TPSA) is 97.8 Å². The summed E-state index contributed by atoms with van der Waals surface area (Å²) >= 11 is 0. The van der Waals surface area contributed by atoms with E-state index in [4.69, 9.17) is 4.99 Å². The first kappa shape index (κ1) is 29.7. The number of amides is 1. The molecule has 0 bridgehead atoms. The van der Waals surface area contributed by atoms with Crippen LogP contribution in [0.1, 0.15) is 35.6 Å². The predicted octanol–water partition coefficient (Wildman–Crippen LogP) is 5.74. The summed E-state index contributed by atoms with van der Waals surface area (Å²) in [6.45, 7) is 3.04. The number of anilines is 2. The van der Waals surface area contributed by atoms with Crippen molar-refractivity contribution in [1.29, 1.82) is 0 Å². The third-order valence-corrected chi connectivity index (χ3v) is 9.06. The number of aliphatic imine (C=N–C) groups is 1. The summed E-state index contributed by atoms with van der Waals surface area (Å²) in [5, 5.41) is 6.78. The largest absolute Gasteiger partial charge is 0.365 e. The van der Waals surface area contributed by atoms with Gasteiger partial charge in [0.2, 0.25) is 5.91 Å². The smallest absolute Gasteiger partial charge is 0.326 e. The zero-order valence-corrected chi connectivity index (χ0v) is 26.2. The van der Waals surface area contributed by atoms with Crippen LogP contribution in [0.25, 0.3) is 11.0 Å². The first-order valence-corrected chi connectivity index (χ1v) is 15.9. The standard InChI is InChI=1S/C37H39N7O2/c1-42(2)24-35(45)39-29-16-17-31-33(22-29)41-37(25-38-31,27-8-4-3-5-9-27)28-14-12-26(13-15-28)23-43-20-18-30(19-21-43)44-34-11-7-6-10-32(34)40-36(44)46/h3-17,22,25,30,41H,18-21,23-24H2,1-2H3,(H,39,45)(H,40,46). The minimum atomic E-state index is -0.677. The molecule has 0 spiro atoms. The van der Waals surface area contributed by atoms with Gasteiger partial charge in [-0.2, -0.15) is 0 Å². The molecule has 9 nitrogen and oxygen atoms in total. The number of likely N-dealkylation sites (N-methyl/N-ethyl adjacent to an activating group) is 1. The van der Waals surface area contributed by atoms with Crippen molar-refractivity contribution in [1.82, 2.24) is 19.4 Å². The number of rotatable bonds is 8. The van der Waals surface area contributed by atoms with Gasteiger partial charge >= 0.3 is 5.69 Å². The third-order valence-electron chi connectivity index (χ3n) is 9.06. The van der Waals surface area contributed by atoms with Crippen LogP contribution in [-0.2, 0) is 16.9 Å². The highest BCUT2D eigenvalue weighted by atomic mass is 16.2. The number of likely N-dealkylation sites (tertiary alicyclic amines) is 1. The Hall–Kier alpha value is -4.99. The van der Waals surface area contributed by atoms with Crippen molar-refractivity contribution in [2.45, 2.75) is 31.0 Å². The molecule has 7 rings (SSSR count). The van der Waals surface area contributed by atoms with Gasteiger partial charge in [0.05, 0.1) is 29.0 Å². The number of aromatic amines is 1. The molecule has 1 atom stereocenters. The molecule has 2 aliphatic rings. The Balaban J connectivity index is 1.08. The van der Waals surface area contributed by atoms with E-state index >= 15 is 0 Å². The quantitative estimate of drug-likeness (QED) is 0.208. The summed E-state index contributed by atoms with van der Waals surface area (Å²) in [4.78, 5) is 37.4. The normalized spacial score (nSPS) is 18.4. The van der Waals surface area contributed by atoms with E-state index in [1.54, 1.807) is 0 Å². The number of benzene rings is 4. The number of H-pyrrole nitrogens is 1. The van der Waals surface area contributed by atoms with E-state index in [0.717, 1.165) is 71.7 Å². The molecule has 5 aromatic rings. The molecule has 3 N–H and O–H groups in total. The lowest BCUT2D eigenvalue weighted by molar-refractivity contribution is -0.116. The van der Waals surface area contributed by atoms with Crippen LogP contribution < -0.4 is 16.3 Å². The maximum Gasteiger partial charge on any atom is 0.326 e. The van der Waals surface area contributed by atoms with Crippen LogP contribution in [0.4, 0.5) is 17.1 Å². The number of carbonyl (C=O) groups excluding carboxylic acids is 1. The van der Waals surface area contributed by atoms with Gasteiger partial charge in [0.15, 0.2) is 0 Å². The molecule has 3 heterocycles. The van der Waals surface area contributed by atoms with E-state index in [9.17, 15) is 9.59 Å². The van der Waals surface area contributed by atoms with Crippen LogP contribution in [-0.4, -0.2) is 65.2 Å². The number of nitrogens with one attached hydrogen (secondary N) is 3. The van der Waals surface area contributed by atoms with Gasteiger partial charge < -0.3 is 20.5 Å². The van der Waals surface area contributed by atoms with Gasteiger partial charge in [-0.25, -0.2) is 4.79 Å². The Morgan fingerprint density at radius 3 is 2.41 bits per heavy atom. The fourth-order valence-electron chi connectivity index (χ4n) is 6.79. The van der Waals surface area contributed by atoms with Crippen LogP contribution in [0.15, 0.2) is 107 Å². The molecule has 1 amide bonds. The molecular weight excluding hydrogens is 574 g/mol. The number of hydrogen-bond acceptors (Lipinski definition) is 6. The summed E-state index contributed by atoms with van der Waals surface area (Å²) in [6, 6.07) is 33.0. The molecule has 0 saturated carbocycles. The Labute approximate surface area is 268 Å². The number of piperidine rings is 1. The number of nitrogens with zero attached hydrogens (tertiary/aromatic N) is 4. The predicted molar refractivity (Wildman–Crippen MR) is 185 cm³/mol. The minimum Gasteiger partial charge on any atom is -0.365 e. The fraction of sp³-hybridized carbons (Fsp3) is 0.270. The van der Waals surface area contributed by atoms with Crippen molar-refractivity contribution in [3.63, 3.8) is 0 Å². The number of aromatic nitrogens is 2. The van der Waals surface area contributed by atoms with E-state index in [-0.39, 0.29) is 17.6 Å². The molecule has 0 aliphatic carbocycles. The molecule has 1 fully saturated rings. The van der Waals surface area contributed by atoms with Gasteiger partial charge in [-0.05, 0) is 74.0 Å². The maximum atomic E-state index is 12.7. The molecule has 0 radical (unpaired) electrons. The van der Waals surface area contributed by atoms with Gasteiger partial charge in [-0.3, -0.25) is 19.3 Å². The van der Waals surface area contributed by atoms with Crippen LogP contribution in [0, 0.1) is 0 Å². The van der Waals surface area contributed by atoms with Gasteiger partial charge in [0, 0.05) is 37.6 Å². The average molecular weight is 614 g/mol. The summed E-state index contributed by atoms with van der Waals surface area (Å²) in [6.07, 6.45) is 3.87. The van der Waals surface area contributed by atoms with Gasteiger partial charge in [-0.15, -0.1) is 0 Å². The second kappa shape index (κ2) is 12.4. The molecule has 1 aromatic heterocycles. The van der Waals surface area contributed by atoms with E-state index < -0.39 is 5.54 Å². The number of hydrogen-bond donors (Lipinski definition) is 3. The maximum absolute atomic E-state index is 12.7. The fourth-order valence-corrected chi connectivity index (χ4v) is 6.79. The Morgan fingerprint density at radius 2 is 1.65 bits per heavy atom. The van der Waals surface area contributed by atoms with Crippen molar-refractivity contribution >= 4 is 40.2 Å². The summed E-state index contributed by atoms with van der Waals surface area (Å²) in [5.74, 6) is -0.0646. The molecule has 9 heteroatoms. The van der Waals surface area contributed by atoms with Crippen LogP contribution in [0.3, 0.4) is 0 Å². The number of para-hydroxylation sites is 2. The van der Waals surface area contributed by atoms with Crippen LogP contribution in [0.2, 0.25) is 0 Å². The summed E-state index contributed by atoms with van der Waals surface area (Å²) < 4.78 is 1.95. The number of imidazole rings is 1. The Kier molecular flexibility index (Phi) is 8.02. The molecule has 46 heavy (non-hydrogen) atoms. The zero-order valence-electron chi connectivity index (χ0n) is 26.2. The van der Waals surface area contributed by atoms with Crippen LogP contribution >= 0.6 is 0 Å². The van der Waals surface area contributed by atoms with Gasteiger partial charge in [0.1, 0.15) is 5.54 Å². The van der Waals surface area contributed by atoms with Crippen molar-refractivity contribution in [2.24, 2.45) is 4.99 Å². The first-order chi connectivity index (χ1) is 22.4. The molecule has 234 valence electrons. The van der Waals surface area contributed by atoms with Gasteiger partial charge in [-0.1, -0.05) is 66.7 Å². The first-order valence-electron chi connectivity index (χ1n) is 15.9. The lowest BCUT2D eigenvalue weighted by Gasteiger charge is -2.37. The van der Waals surface area contributed by atoms with E-state index in [1.807, 2.05) is 90.4 Å². The highest BCUT2D eigenvalue weighted by molar-refractivity contribution is 5.96. The molecule has 1 unspecified atom stereocenters. The third kappa shape index (κ3) is 5.87. The number of carbonyl (C=O) groups is 1. The van der Waals surface area contributed by atoms with Crippen molar-refractivity contribution in [3.05, 3.63) is 124 Å². The lowest BCUT2D eigenvalue weighted by Crippen LogP contribution is -2.40. The summed E-state index contributed by atoms with van der Waals surface area (Å²) in [5.41, 5.74) is 7.00. The molecule has 2 aliphatic heterocycles. The lowest BCUT2D eigenvalue weighted by atomic mass is 9.82. The molecule has 1 saturated heterocycles. The average Bonchev–Trinajstić information content (AvgIpc) is 3.40. The van der Waals surface area contributed by atoms with Crippen molar-refractivity contribution < 1.29 is 4.79 Å². The van der Waals surface area contributed by atoms with Gasteiger partial charge in [0.25, 0.3) is 0 Å². The molecule has 4 aromatic carbocycles.